The van der Waals surface area contributed by atoms with Gasteiger partial charge in [-0.1, -0.05) is 30.3 Å². The van der Waals surface area contributed by atoms with Crippen molar-refractivity contribution in [2.45, 2.75) is 51.8 Å². The number of amides is 1. The van der Waals surface area contributed by atoms with Crippen molar-refractivity contribution in [1.29, 1.82) is 0 Å². The number of likely N-dealkylation sites (tertiary alicyclic amines) is 1. The van der Waals surface area contributed by atoms with Crippen molar-refractivity contribution in [3.63, 3.8) is 0 Å². The van der Waals surface area contributed by atoms with Gasteiger partial charge in [0.05, 0.1) is 24.1 Å². The second-order valence-corrected chi connectivity index (χ2v) is 8.03. The molecular weight excluding hydrogens is 354 g/mol. The molecule has 0 spiro atoms. The van der Waals surface area contributed by atoms with Crippen LogP contribution in [0.5, 0.6) is 5.75 Å². The summed E-state index contributed by atoms with van der Waals surface area (Å²) in [6, 6.07) is 12.2. The van der Waals surface area contributed by atoms with Crippen LogP contribution in [0.4, 0.5) is 10.5 Å². The Morgan fingerprint density at radius 1 is 1.25 bits per heavy atom. The van der Waals surface area contributed by atoms with Crippen LogP contribution in [0.2, 0.25) is 0 Å². The average Bonchev–Trinajstić information content (AvgIpc) is 3.13. The molecule has 0 radical (unpaired) electrons. The third kappa shape index (κ3) is 5.87. The first kappa shape index (κ1) is 20.0. The van der Waals surface area contributed by atoms with E-state index in [2.05, 4.69) is 22.4 Å². The van der Waals surface area contributed by atoms with Crippen LogP contribution in [0, 0.1) is 0 Å². The largest absolute Gasteiger partial charge is 0.490 e. The molecule has 1 aromatic carbocycles. The molecule has 28 heavy (non-hydrogen) atoms. The Balaban J connectivity index is 1.53. The lowest BCUT2D eigenvalue weighted by Gasteiger charge is -2.28. The van der Waals surface area contributed by atoms with E-state index in [1.165, 1.54) is 5.56 Å². The number of anilines is 1. The van der Waals surface area contributed by atoms with Crippen LogP contribution in [0.1, 0.15) is 39.2 Å². The van der Waals surface area contributed by atoms with Gasteiger partial charge in [-0.15, -0.1) is 0 Å². The number of ether oxygens (including phenoxy) is 2. The van der Waals surface area contributed by atoms with Gasteiger partial charge in [-0.3, -0.25) is 4.98 Å². The van der Waals surface area contributed by atoms with E-state index in [1.54, 1.807) is 17.3 Å². The molecule has 1 N–H and O–H groups in total. The molecule has 0 unspecified atom stereocenters. The first-order chi connectivity index (χ1) is 13.4. The third-order valence-corrected chi connectivity index (χ3v) is 4.50. The molecule has 1 fully saturated rings. The molecule has 1 saturated heterocycles. The molecule has 0 aliphatic carbocycles. The summed E-state index contributed by atoms with van der Waals surface area (Å²) in [4.78, 5) is 18.4. The van der Waals surface area contributed by atoms with Gasteiger partial charge >= 0.3 is 6.09 Å². The fourth-order valence-electron chi connectivity index (χ4n) is 3.16. The number of benzene rings is 1. The number of hydrogen-bond donors (Lipinski definition) is 1. The predicted molar refractivity (Wildman–Crippen MR) is 109 cm³/mol. The van der Waals surface area contributed by atoms with E-state index in [0.717, 1.165) is 25.1 Å². The Morgan fingerprint density at radius 3 is 2.79 bits per heavy atom. The third-order valence-electron chi connectivity index (χ3n) is 4.50. The lowest BCUT2D eigenvalue weighted by atomic mass is 10.2. The van der Waals surface area contributed by atoms with E-state index in [0.29, 0.717) is 18.9 Å². The fourth-order valence-corrected chi connectivity index (χ4v) is 3.16. The van der Waals surface area contributed by atoms with Crippen molar-refractivity contribution < 1.29 is 14.3 Å². The molecule has 6 nitrogen and oxygen atoms in total. The monoisotopic (exact) mass is 383 g/mol. The van der Waals surface area contributed by atoms with Crippen LogP contribution < -0.4 is 10.1 Å². The van der Waals surface area contributed by atoms with Crippen LogP contribution in [0.15, 0.2) is 48.8 Å². The summed E-state index contributed by atoms with van der Waals surface area (Å²) in [5, 5.41) is 3.36. The van der Waals surface area contributed by atoms with E-state index in [1.807, 2.05) is 45.0 Å². The fraction of sp³-hybridized carbons (Fsp3) is 0.455. The second kappa shape index (κ2) is 8.95. The van der Waals surface area contributed by atoms with Crippen molar-refractivity contribution in [3.05, 3.63) is 54.4 Å². The molecule has 2 heterocycles. The molecule has 6 heteroatoms. The van der Waals surface area contributed by atoms with Crippen LogP contribution in [0.25, 0.3) is 0 Å². The van der Waals surface area contributed by atoms with Gasteiger partial charge in [-0.2, -0.15) is 0 Å². The molecular formula is C22H29N3O3. The number of nitrogens with zero attached hydrogens (tertiary/aromatic N) is 2. The molecule has 2 aromatic rings. The maximum Gasteiger partial charge on any atom is 0.410 e. The van der Waals surface area contributed by atoms with Gasteiger partial charge in [0.15, 0.2) is 0 Å². The van der Waals surface area contributed by atoms with Gasteiger partial charge < -0.3 is 19.7 Å². The number of carbonyl (C=O) groups excluding carboxylic acids is 1. The molecule has 1 atom stereocenters. The van der Waals surface area contributed by atoms with Crippen molar-refractivity contribution in [1.82, 2.24) is 9.88 Å². The molecule has 1 aromatic heterocycles. The maximum absolute atomic E-state index is 12.4. The Kier molecular flexibility index (Phi) is 6.39. The minimum Gasteiger partial charge on any atom is -0.490 e. The smallest absolute Gasteiger partial charge is 0.410 e. The average molecular weight is 383 g/mol. The highest BCUT2D eigenvalue weighted by Gasteiger charge is 2.32. The van der Waals surface area contributed by atoms with Gasteiger partial charge in [-0.25, -0.2) is 4.79 Å². The zero-order chi connectivity index (χ0) is 20.0. The number of nitrogens with one attached hydrogen (secondary N) is 1. The molecule has 150 valence electrons. The molecule has 1 aliphatic rings. The zero-order valence-corrected chi connectivity index (χ0v) is 16.9. The standard InChI is InChI=1S/C22H29N3O3/c1-22(2,3)28-21(26)25-11-7-10-19(25)16-27-20-12-18(14-23-15-20)24-13-17-8-5-4-6-9-17/h4-6,8-9,12,14-15,19,24H,7,10-11,13,16H2,1-3H3/t19-/m0/s1. The summed E-state index contributed by atoms with van der Waals surface area (Å²) in [7, 11) is 0. The highest BCUT2D eigenvalue weighted by Crippen LogP contribution is 2.23. The van der Waals surface area contributed by atoms with E-state index < -0.39 is 5.60 Å². The van der Waals surface area contributed by atoms with Crippen LogP contribution in [0.3, 0.4) is 0 Å². The van der Waals surface area contributed by atoms with Crippen molar-refractivity contribution >= 4 is 11.8 Å². The van der Waals surface area contributed by atoms with E-state index in [-0.39, 0.29) is 12.1 Å². The summed E-state index contributed by atoms with van der Waals surface area (Å²) in [6.07, 6.45) is 5.08. The van der Waals surface area contributed by atoms with E-state index in [4.69, 9.17) is 9.47 Å². The van der Waals surface area contributed by atoms with Crippen LogP contribution in [-0.4, -0.2) is 40.8 Å². The molecule has 3 rings (SSSR count). The lowest BCUT2D eigenvalue weighted by molar-refractivity contribution is 0.0187. The van der Waals surface area contributed by atoms with Crippen LogP contribution >= 0.6 is 0 Å². The second-order valence-electron chi connectivity index (χ2n) is 8.03. The predicted octanol–water partition coefficient (Wildman–Crippen LogP) is 4.47. The minimum atomic E-state index is -0.492. The normalized spacial score (nSPS) is 16.7. The minimum absolute atomic E-state index is 0.0239. The highest BCUT2D eigenvalue weighted by atomic mass is 16.6. The molecule has 1 aliphatic heterocycles. The zero-order valence-electron chi connectivity index (χ0n) is 16.9. The van der Waals surface area contributed by atoms with Gasteiger partial charge in [0.1, 0.15) is 18.0 Å². The summed E-state index contributed by atoms with van der Waals surface area (Å²) < 4.78 is 11.4. The van der Waals surface area contributed by atoms with Gasteiger partial charge in [0.25, 0.3) is 0 Å². The highest BCUT2D eigenvalue weighted by molar-refractivity contribution is 5.69. The van der Waals surface area contributed by atoms with Crippen molar-refractivity contribution in [2.75, 3.05) is 18.5 Å². The maximum atomic E-state index is 12.4. The summed E-state index contributed by atoms with van der Waals surface area (Å²) in [5.74, 6) is 0.689. The number of rotatable bonds is 6. The van der Waals surface area contributed by atoms with Crippen LogP contribution in [-0.2, 0) is 11.3 Å². The van der Waals surface area contributed by atoms with Gasteiger partial charge in [0, 0.05) is 19.2 Å². The molecule has 1 amide bonds. The van der Waals surface area contributed by atoms with Crippen molar-refractivity contribution in [2.24, 2.45) is 0 Å². The van der Waals surface area contributed by atoms with Gasteiger partial charge in [-0.05, 0) is 39.2 Å². The first-order valence-corrected chi connectivity index (χ1v) is 9.76. The number of carbonyl (C=O) groups is 1. The number of hydrogen-bond acceptors (Lipinski definition) is 5. The SMILES string of the molecule is CC(C)(C)OC(=O)N1CCC[C@H]1COc1cncc(NCc2ccccc2)c1. The first-order valence-electron chi connectivity index (χ1n) is 9.76. The Bertz CT molecular complexity index is 774. The topological polar surface area (TPSA) is 63.7 Å². The molecule has 0 saturated carbocycles. The van der Waals surface area contributed by atoms with E-state index >= 15 is 0 Å². The quantitative estimate of drug-likeness (QED) is 0.797. The number of pyridine rings is 1. The summed E-state index contributed by atoms with van der Waals surface area (Å²) >= 11 is 0. The number of aromatic nitrogens is 1. The Morgan fingerprint density at radius 2 is 2.04 bits per heavy atom. The summed E-state index contributed by atoms with van der Waals surface area (Å²) in [5.41, 5.74) is 1.61. The Labute approximate surface area is 166 Å². The summed E-state index contributed by atoms with van der Waals surface area (Å²) in [6.45, 7) is 7.51. The molecule has 0 bridgehead atoms. The van der Waals surface area contributed by atoms with E-state index in [9.17, 15) is 4.79 Å². The lowest BCUT2D eigenvalue weighted by Crippen LogP contribution is -2.42. The van der Waals surface area contributed by atoms with Gasteiger partial charge in [0.2, 0.25) is 0 Å². The Hall–Kier alpha value is -2.76. The van der Waals surface area contributed by atoms with Crippen molar-refractivity contribution in [3.8, 4) is 5.75 Å².